The smallest absolute Gasteiger partial charge is 0.264 e. The van der Waals surface area contributed by atoms with E-state index >= 15 is 0 Å². The van der Waals surface area contributed by atoms with Crippen LogP contribution in [0.25, 0.3) is 0 Å². The lowest BCUT2D eigenvalue weighted by Crippen LogP contribution is -2.53. The zero-order chi connectivity index (χ0) is 31.0. The first-order valence-electron chi connectivity index (χ1n) is 14.4. The van der Waals surface area contributed by atoms with Gasteiger partial charge >= 0.3 is 0 Å². The van der Waals surface area contributed by atoms with Crippen molar-refractivity contribution < 1.29 is 18.0 Å². The van der Waals surface area contributed by atoms with E-state index in [1.165, 1.54) is 9.21 Å². The molecule has 2 amide bonds. The van der Waals surface area contributed by atoms with Gasteiger partial charge in [-0.25, -0.2) is 8.42 Å². The molecule has 4 rings (SSSR count). The van der Waals surface area contributed by atoms with Crippen molar-refractivity contribution in [2.75, 3.05) is 17.4 Å². The van der Waals surface area contributed by atoms with Gasteiger partial charge in [0.1, 0.15) is 12.6 Å². The van der Waals surface area contributed by atoms with Gasteiger partial charge in [0.05, 0.1) is 10.6 Å². The highest BCUT2D eigenvalue weighted by Gasteiger charge is 2.35. The Labute approximate surface area is 255 Å². The number of anilines is 1. The molecular formula is C35H39N3O4S. The molecule has 43 heavy (non-hydrogen) atoms. The molecule has 7 nitrogen and oxygen atoms in total. The lowest BCUT2D eigenvalue weighted by molar-refractivity contribution is -0.140. The molecular weight excluding hydrogens is 558 g/mol. The molecule has 0 aliphatic carbocycles. The maximum Gasteiger partial charge on any atom is 0.264 e. The second kappa shape index (κ2) is 14.2. The molecule has 0 spiro atoms. The number of aryl methyl sites for hydroxylation is 3. The number of sulfonamides is 1. The van der Waals surface area contributed by atoms with E-state index in [1.807, 2.05) is 100 Å². The highest BCUT2D eigenvalue weighted by molar-refractivity contribution is 7.92. The molecule has 1 atom stereocenters. The Kier molecular flexibility index (Phi) is 10.4. The monoisotopic (exact) mass is 597 g/mol. The minimum atomic E-state index is -4.14. The Balaban J connectivity index is 1.81. The molecule has 0 bridgehead atoms. The molecule has 1 N–H and O–H groups in total. The minimum absolute atomic E-state index is 0.0889. The van der Waals surface area contributed by atoms with Crippen molar-refractivity contribution in [3.8, 4) is 0 Å². The second-order valence-corrected chi connectivity index (χ2v) is 12.6. The lowest BCUT2D eigenvalue weighted by atomic mass is 10.0. The van der Waals surface area contributed by atoms with Gasteiger partial charge in [0.2, 0.25) is 11.8 Å². The number of carbonyl (C=O) groups is 2. The lowest BCUT2D eigenvalue weighted by Gasteiger charge is -2.34. The zero-order valence-electron chi connectivity index (χ0n) is 25.2. The fourth-order valence-corrected chi connectivity index (χ4v) is 6.44. The van der Waals surface area contributed by atoms with Gasteiger partial charge in [0.15, 0.2) is 0 Å². The van der Waals surface area contributed by atoms with E-state index < -0.39 is 28.5 Å². The van der Waals surface area contributed by atoms with Gasteiger partial charge in [-0.3, -0.25) is 13.9 Å². The van der Waals surface area contributed by atoms with Crippen LogP contribution in [0.15, 0.2) is 108 Å². The molecule has 0 aliphatic heterocycles. The maximum atomic E-state index is 14.4. The highest BCUT2D eigenvalue weighted by atomic mass is 32.2. The van der Waals surface area contributed by atoms with Crippen molar-refractivity contribution in [3.05, 3.63) is 131 Å². The molecule has 4 aromatic carbocycles. The van der Waals surface area contributed by atoms with E-state index in [-0.39, 0.29) is 23.8 Å². The van der Waals surface area contributed by atoms with Crippen molar-refractivity contribution in [2.24, 2.45) is 0 Å². The van der Waals surface area contributed by atoms with Crippen LogP contribution in [0.3, 0.4) is 0 Å². The molecule has 0 fully saturated rings. The fourth-order valence-electron chi connectivity index (χ4n) is 4.97. The van der Waals surface area contributed by atoms with Crippen LogP contribution in [0, 0.1) is 20.8 Å². The molecule has 224 valence electrons. The number of hydrogen-bond donors (Lipinski definition) is 1. The maximum absolute atomic E-state index is 14.4. The van der Waals surface area contributed by atoms with Gasteiger partial charge in [-0.2, -0.15) is 0 Å². The standard InChI is InChI=1S/C35H39N3O4S/c1-5-36-35(40)33(23-29-12-8-6-9-13-29)37(24-30-14-10-7-11-15-30)34(39)25-38(32-22-27(3)16-19-28(32)4)43(41,42)31-20-17-26(2)18-21-31/h6-22,33H,5,23-25H2,1-4H3,(H,36,40)/t33-/m0/s1. The third kappa shape index (κ3) is 7.90. The summed E-state index contributed by atoms with van der Waals surface area (Å²) >= 11 is 0. The van der Waals surface area contributed by atoms with Gasteiger partial charge in [0, 0.05) is 19.5 Å². The average molecular weight is 598 g/mol. The molecule has 0 aliphatic rings. The third-order valence-electron chi connectivity index (χ3n) is 7.34. The van der Waals surface area contributed by atoms with Crippen LogP contribution < -0.4 is 9.62 Å². The Morgan fingerprint density at radius 2 is 1.35 bits per heavy atom. The molecule has 0 radical (unpaired) electrons. The van der Waals surface area contributed by atoms with Gasteiger partial charge in [-0.15, -0.1) is 0 Å². The normalized spacial score (nSPS) is 11.9. The fraction of sp³-hybridized carbons (Fsp3) is 0.257. The third-order valence-corrected chi connectivity index (χ3v) is 9.11. The second-order valence-electron chi connectivity index (χ2n) is 10.7. The summed E-state index contributed by atoms with van der Waals surface area (Å²) < 4.78 is 29.6. The molecule has 8 heteroatoms. The first-order valence-corrected chi connectivity index (χ1v) is 15.9. The van der Waals surface area contributed by atoms with Crippen LogP contribution in [-0.2, 0) is 32.6 Å². The largest absolute Gasteiger partial charge is 0.355 e. The van der Waals surface area contributed by atoms with Gasteiger partial charge in [-0.1, -0.05) is 90.5 Å². The zero-order valence-corrected chi connectivity index (χ0v) is 26.0. The number of nitrogens with one attached hydrogen (secondary N) is 1. The predicted octanol–water partition coefficient (Wildman–Crippen LogP) is 5.58. The van der Waals surface area contributed by atoms with Gasteiger partial charge in [-0.05, 0) is 68.1 Å². The molecule has 0 heterocycles. The summed E-state index contributed by atoms with van der Waals surface area (Å²) in [4.78, 5) is 29.6. The highest BCUT2D eigenvalue weighted by Crippen LogP contribution is 2.29. The van der Waals surface area contributed by atoms with Crippen molar-refractivity contribution in [3.63, 3.8) is 0 Å². The van der Waals surface area contributed by atoms with Crippen LogP contribution >= 0.6 is 0 Å². The first kappa shape index (κ1) is 31.5. The van der Waals surface area contributed by atoms with Crippen LogP contribution in [0.4, 0.5) is 5.69 Å². The van der Waals surface area contributed by atoms with Crippen molar-refractivity contribution in [1.82, 2.24) is 10.2 Å². The summed E-state index contributed by atoms with van der Waals surface area (Å²) in [6.45, 7) is 7.49. The molecule has 0 unspecified atom stereocenters. The van der Waals surface area contributed by atoms with Crippen LogP contribution in [0.2, 0.25) is 0 Å². The van der Waals surface area contributed by atoms with E-state index in [0.29, 0.717) is 17.8 Å². The Bertz CT molecular complexity index is 1640. The number of rotatable bonds is 12. The van der Waals surface area contributed by atoms with Gasteiger partial charge in [0.25, 0.3) is 10.0 Å². The molecule has 0 aromatic heterocycles. The number of benzene rings is 4. The summed E-state index contributed by atoms with van der Waals surface area (Å²) in [6, 6.07) is 30.2. The summed E-state index contributed by atoms with van der Waals surface area (Å²) in [5, 5.41) is 2.89. The Morgan fingerprint density at radius 3 is 1.95 bits per heavy atom. The number of nitrogens with zero attached hydrogens (tertiary/aromatic N) is 2. The van der Waals surface area contributed by atoms with E-state index in [1.54, 1.807) is 30.3 Å². The summed E-state index contributed by atoms with van der Waals surface area (Å²) in [7, 11) is -4.14. The van der Waals surface area contributed by atoms with E-state index in [2.05, 4.69) is 5.32 Å². The molecule has 0 saturated heterocycles. The van der Waals surface area contributed by atoms with Crippen LogP contribution in [-0.4, -0.2) is 44.3 Å². The van der Waals surface area contributed by atoms with E-state index in [0.717, 1.165) is 22.3 Å². The summed E-state index contributed by atoms with van der Waals surface area (Å²) in [5.74, 6) is -0.775. The van der Waals surface area contributed by atoms with Crippen molar-refractivity contribution in [1.29, 1.82) is 0 Å². The Morgan fingerprint density at radius 1 is 0.767 bits per heavy atom. The first-order chi connectivity index (χ1) is 20.6. The SMILES string of the molecule is CCNC(=O)[C@H](Cc1ccccc1)N(Cc1ccccc1)C(=O)CN(c1cc(C)ccc1C)S(=O)(=O)c1ccc(C)cc1. The molecule has 0 saturated carbocycles. The Hall–Kier alpha value is -4.43. The van der Waals surface area contributed by atoms with Gasteiger partial charge < -0.3 is 10.2 Å². The van der Waals surface area contributed by atoms with Crippen LogP contribution in [0.1, 0.15) is 34.7 Å². The van der Waals surface area contributed by atoms with Crippen molar-refractivity contribution >= 4 is 27.5 Å². The van der Waals surface area contributed by atoms with Crippen molar-refractivity contribution in [2.45, 2.75) is 51.6 Å². The number of carbonyl (C=O) groups excluding carboxylic acids is 2. The number of hydrogen-bond acceptors (Lipinski definition) is 4. The predicted molar refractivity (Wildman–Crippen MR) is 171 cm³/mol. The van der Waals surface area contributed by atoms with E-state index in [4.69, 9.17) is 0 Å². The summed E-state index contributed by atoms with van der Waals surface area (Å²) in [6.07, 6.45) is 0.277. The van der Waals surface area contributed by atoms with E-state index in [9.17, 15) is 18.0 Å². The average Bonchev–Trinajstić information content (AvgIpc) is 3.00. The topological polar surface area (TPSA) is 86.8 Å². The minimum Gasteiger partial charge on any atom is -0.355 e. The quantitative estimate of drug-likeness (QED) is 0.231. The van der Waals surface area contributed by atoms with Crippen LogP contribution in [0.5, 0.6) is 0 Å². The summed E-state index contributed by atoms with van der Waals surface area (Å²) in [5.41, 5.74) is 4.65. The number of amides is 2. The number of likely N-dealkylation sites (N-methyl/N-ethyl adjacent to an activating group) is 1. The molecule has 4 aromatic rings.